The maximum atomic E-state index is 11.7. The van der Waals surface area contributed by atoms with Crippen LogP contribution in [-0.2, 0) is 4.79 Å². The van der Waals surface area contributed by atoms with Crippen LogP contribution in [0.1, 0.15) is 23.2 Å². The number of anilines is 1. The van der Waals surface area contributed by atoms with Gasteiger partial charge in [-0.3, -0.25) is 14.5 Å². The maximum absolute atomic E-state index is 11.7. The summed E-state index contributed by atoms with van der Waals surface area (Å²) in [6.07, 6.45) is 1.43. The zero-order valence-electron chi connectivity index (χ0n) is 11.3. The standard InChI is InChI=1S/C13H15N3O4/c1-9-8-12(15-20-9)16(10(2)17)6-5-14-13(18)11-4-3-7-19-11/h3-4,7-8H,5-6H2,1-2H3,(H,14,18). The van der Waals surface area contributed by atoms with Gasteiger partial charge in [0.05, 0.1) is 6.26 Å². The highest BCUT2D eigenvalue weighted by Crippen LogP contribution is 2.13. The molecular formula is C13H15N3O4. The second-order valence-electron chi connectivity index (χ2n) is 4.20. The van der Waals surface area contributed by atoms with Gasteiger partial charge in [-0.25, -0.2) is 0 Å². The van der Waals surface area contributed by atoms with Crippen LogP contribution in [-0.4, -0.2) is 30.1 Å². The highest BCUT2D eigenvalue weighted by Gasteiger charge is 2.16. The van der Waals surface area contributed by atoms with Crippen LogP contribution < -0.4 is 10.2 Å². The Bertz CT molecular complexity index is 589. The molecule has 0 bridgehead atoms. The number of nitrogens with zero attached hydrogens (tertiary/aromatic N) is 2. The van der Waals surface area contributed by atoms with Gasteiger partial charge in [-0.05, 0) is 19.1 Å². The van der Waals surface area contributed by atoms with E-state index in [1.165, 1.54) is 18.1 Å². The van der Waals surface area contributed by atoms with Gasteiger partial charge in [-0.1, -0.05) is 5.16 Å². The second-order valence-corrected chi connectivity index (χ2v) is 4.20. The Morgan fingerprint density at radius 2 is 2.25 bits per heavy atom. The maximum Gasteiger partial charge on any atom is 0.287 e. The van der Waals surface area contributed by atoms with Crippen molar-refractivity contribution < 1.29 is 18.5 Å². The van der Waals surface area contributed by atoms with Crippen LogP contribution in [0.4, 0.5) is 5.82 Å². The van der Waals surface area contributed by atoms with Gasteiger partial charge < -0.3 is 14.3 Å². The highest BCUT2D eigenvalue weighted by molar-refractivity contribution is 5.92. The Morgan fingerprint density at radius 3 is 2.80 bits per heavy atom. The zero-order valence-corrected chi connectivity index (χ0v) is 11.3. The van der Waals surface area contributed by atoms with Gasteiger partial charge in [0, 0.05) is 26.1 Å². The van der Waals surface area contributed by atoms with Crippen molar-refractivity contribution in [3.8, 4) is 0 Å². The second kappa shape index (κ2) is 6.05. The van der Waals surface area contributed by atoms with E-state index in [1.54, 1.807) is 25.1 Å². The van der Waals surface area contributed by atoms with Crippen molar-refractivity contribution in [2.75, 3.05) is 18.0 Å². The van der Waals surface area contributed by atoms with Crippen molar-refractivity contribution in [1.29, 1.82) is 0 Å². The first kappa shape index (κ1) is 13.9. The Hall–Kier alpha value is -2.57. The Balaban J connectivity index is 1.90. The number of furan rings is 1. The van der Waals surface area contributed by atoms with Crippen molar-refractivity contribution in [1.82, 2.24) is 10.5 Å². The molecule has 0 saturated carbocycles. The molecule has 2 aromatic rings. The quantitative estimate of drug-likeness (QED) is 0.891. The Labute approximate surface area is 115 Å². The lowest BCUT2D eigenvalue weighted by Crippen LogP contribution is -2.37. The molecule has 1 N–H and O–H groups in total. The lowest BCUT2D eigenvalue weighted by Gasteiger charge is -2.17. The van der Waals surface area contributed by atoms with Crippen LogP contribution in [0.3, 0.4) is 0 Å². The molecule has 0 spiro atoms. The number of carbonyl (C=O) groups excluding carboxylic acids is 2. The Kier molecular flexibility index (Phi) is 4.19. The van der Waals surface area contributed by atoms with Gasteiger partial charge in [0.25, 0.3) is 5.91 Å². The third kappa shape index (κ3) is 3.25. The predicted octanol–water partition coefficient (Wildman–Crippen LogP) is 1.36. The number of carbonyl (C=O) groups is 2. The molecule has 2 aromatic heterocycles. The molecule has 0 radical (unpaired) electrons. The van der Waals surface area contributed by atoms with E-state index in [-0.39, 0.29) is 24.1 Å². The smallest absolute Gasteiger partial charge is 0.287 e. The van der Waals surface area contributed by atoms with Crippen molar-refractivity contribution in [2.24, 2.45) is 0 Å². The molecule has 2 amide bonds. The van der Waals surface area contributed by atoms with E-state index in [9.17, 15) is 9.59 Å². The van der Waals surface area contributed by atoms with E-state index in [2.05, 4.69) is 10.5 Å². The van der Waals surface area contributed by atoms with Crippen LogP contribution in [0, 0.1) is 6.92 Å². The first-order valence-electron chi connectivity index (χ1n) is 6.11. The monoisotopic (exact) mass is 277 g/mol. The van der Waals surface area contributed by atoms with E-state index >= 15 is 0 Å². The number of amides is 2. The summed E-state index contributed by atoms with van der Waals surface area (Å²) >= 11 is 0. The molecular weight excluding hydrogens is 262 g/mol. The fourth-order valence-corrected chi connectivity index (χ4v) is 1.69. The summed E-state index contributed by atoms with van der Waals surface area (Å²) < 4.78 is 9.90. The normalized spacial score (nSPS) is 10.3. The van der Waals surface area contributed by atoms with Crippen LogP contribution in [0.15, 0.2) is 33.4 Å². The van der Waals surface area contributed by atoms with E-state index in [1.807, 2.05) is 0 Å². The number of hydrogen-bond donors (Lipinski definition) is 1. The minimum Gasteiger partial charge on any atom is -0.459 e. The van der Waals surface area contributed by atoms with Crippen LogP contribution in [0.2, 0.25) is 0 Å². The molecule has 0 atom stereocenters. The average molecular weight is 277 g/mol. The van der Waals surface area contributed by atoms with Gasteiger partial charge in [0.1, 0.15) is 5.76 Å². The van der Waals surface area contributed by atoms with Gasteiger partial charge in [-0.2, -0.15) is 0 Å². The molecule has 20 heavy (non-hydrogen) atoms. The summed E-state index contributed by atoms with van der Waals surface area (Å²) in [5, 5.41) is 6.45. The van der Waals surface area contributed by atoms with Gasteiger partial charge in [0.15, 0.2) is 11.6 Å². The highest BCUT2D eigenvalue weighted by atomic mass is 16.5. The lowest BCUT2D eigenvalue weighted by atomic mass is 10.4. The summed E-state index contributed by atoms with van der Waals surface area (Å²) in [5.74, 6) is 0.783. The van der Waals surface area contributed by atoms with Gasteiger partial charge >= 0.3 is 0 Å². The number of rotatable bonds is 5. The molecule has 0 aliphatic carbocycles. The molecule has 0 aromatic carbocycles. The molecule has 0 unspecified atom stereocenters. The minimum atomic E-state index is -0.324. The average Bonchev–Trinajstić information content (AvgIpc) is 3.05. The van der Waals surface area contributed by atoms with E-state index in [0.29, 0.717) is 18.1 Å². The van der Waals surface area contributed by atoms with Crippen molar-refractivity contribution in [3.63, 3.8) is 0 Å². The van der Waals surface area contributed by atoms with Crippen molar-refractivity contribution in [3.05, 3.63) is 36.0 Å². The topological polar surface area (TPSA) is 88.6 Å². The third-order valence-corrected chi connectivity index (χ3v) is 2.64. The molecule has 2 rings (SSSR count). The number of aryl methyl sites for hydroxylation is 1. The fraction of sp³-hybridized carbons (Fsp3) is 0.308. The minimum absolute atomic E-state index is 0.175. The summed E-state index contributed by atoms with van der Waals surface area (Å²) in [6.45, 7) is 3.75. The van der Waals surface area contributed by atoms with Crippen molar-refractivity contribution in [2.45, 2.75) is 13.8 Å². The van der Waals surface area contributed by atoms with E-state index in [4.69, 9.17) is 8.94 Å². The van der Waals surface area contributed by atoms with Crippen LogP contribution >= 0.6 is 0 Å². The lowest BCUT2D eigenvalue weighted by molar-refractivity contribution is -0.116. The van der Waals surface area contributed by atoms with E-state index in [0.717, 1.165) is 0 Å². The molecule has 0 fully saturated rings. The molecule has 7 heteroatoms. The third-order valence-electron chi connectivity index (χ3n) is 2.64. The summed E-state index contributed by atoms with van der Waals surface area (Å²) in [7, 11) is 0. The van der Waals surface area contributed by atoms with Gasteiger partial charge in [0.2, 0.25) is 5.91 Å². The molecule has 0 saturated heterocycles. The molecule has 0 aliphatic heterocycles. The van der Waals surface area contributed by atoms with Crippen molar-refractivity contribution >= 4 is 17.6 Å². The molecule has 0 aliphatic rings. The van der Waals surface area contributed by atoms with Crippen LogP contribution in [0.25, 0.3) is 0 Å². The zero-order chi connectivity index (χ0) is 14.5. The predicted molar refractivity (Wildman–Crippen MR) is 70.3 cm³/mol. The van der Waals surface area contributed by atoms with E-state index < -0.39 is 0 Å². The first-order chi connectivity index (χ1) is 9.58. The molecule has 7 nitrogen and oxygen atoms in total. The van der Waals surface area contributed by atoms with Crippen LogP contribution in [0.5, 0.6) is 0 Å². The summed E-state index contributed by atoms with van der Waals surface area (Å²) in [4.78, 5) is 24.7. The first-order valence-corrected chi connectivity index (χ1v) is 6.11. The molecule has 106 valence electrons. The SMILES string of the molecule is CC(=O)N(CCNC(=O)c1ccco1)c1cc(C)on1. The van der Waals surface area contributed by atoms with Gasteiger partial charge in [-0.15, -0.1) is 0 Å². The number of hydrogen-bond acceptors (Lipinski definition) is 5. The summed E-state index contributed by atoms with van der Waals surface area (Å²) in [5.41, 5.74) is 0. The summed E-state index contributed by atoms with van der Waals surface area (Å²) in [6, 6.07) is 4.86. The number of nitrogens with one attached hydrogen (secondary N) is 1. The largest absolute Gasteiger partial charge is 0.459 e. The fourth-order valence-electron chi connectivity index (χ4n) is 1.69. The number of aromatic nitrogens is 1. The Morgan fingerprint density at radius 1 is 1.45 bits per heavy atom. The molecule has 2 heterocycles.